The molecule has 1 unspecified atom stereocenters. The van der Waals surface area contributed by atoms with Gasteiger partial charge in [-0.05, 0) is 0 Å². The Morgan fingerprint density at radius 3 is 2.64 bits per heavy atom. The van der Waals surface area contributed by atoms with E-state index in [0.29, 0.717) is 4.47 Å². The predicted molar refractivity (Wildman–Crippen MR) is 50.8 cm³/mol. The molecule has 4 nitrogen and oxygen atoms in total. The fourth-order valence-electron chi connectivity index (χ4n) is 0.919. The second-order valence-electron chi connectivity index (χ2n) is 2.47. The topological polar surface area (TPSA) is 52.6 Å². The van der Waals surface area contributed by atoms with Crippen LogP contribution in [0.15, 0.2) is 22.7 Å². The Morgan fingerprint density at radius 2 is 2.07 bits per heavy atom. The summed E-state index contributed by atoms with van der Waals surface area (Å²) in [6, 6.07) is 0. The van der Waals surface area contributed by atoms with Gasteiger partial charge in [-0.25, -0.2) is 0 Å². The molecule has 1 heterocycles. The number of ether oxygens (including phenoxy) is 2. The predicted octanol–water partition coefficient (Wildman–Crippen LogP) is 0.279. The minimum atomic E-state index is -0.372. The Morgan fingerprint density at radius 1 is 1.36 bits per heavy atom. The first-order valence-electron chi connectivity index (χ1n) is 3.90. The summed E-state index contributed by atoms with van der Waals surface area (Å²) in [5.41, 5.74) is 0. The van der Waals surface area contributed by atoms with Crippen molar-refractivity contribution in [3.05, 3.63) is 22.7 Å². The van der Waals surface area contributed by atoms with Gasteiger partial charge < -0.3 is 0 Å². The average Bonchev–Trinajstić information content (AvgIpc) is 2.27. The van der Waals surface area contributed by atoms with Crippen LogP contribution in [0, 0.1) is 0 Å². The average molecular weight is 261 g/mol. The Labute approximate surface area is 88.1 Å². The summed E-state index contributed by atoms with van der Waals surface area (Å²) in [6.07, 6.45) is 5.09. The van der Waals surface area contributed by atoms with Crippen molar-refractivity contribution >= 4 is 26.9 Å². The number of methoxy groups -OCH3 is 2. The van der Waals surface area contributed by atoms with Gasteiger partial charge in [0.05, 0.1) is 0 Å². The van der Waals surface area contributed by atoms with Gasteiger partial charge in [0, 0.05) is 0 Å². The van der Waals surface area contributed by atoms with Crippen molar-refractivity contribution in [2.45, 2.75) is 4.82 Å². The SMILES string of the molecule is COC(=O)C1=CC=CC(C(=O)OC)[Se]1. The molecule has 0 saturated carbocycles. The van der Waals surface area contributed by atoms with E-state index < -0.39 is 0 Å². The number of allylic oxidation sites excluding steroid dienone is 2. The molecule has 0 spiro atoms. The molecule has 0 aromatic carbocycles. The number of rotatable bonds is 2. The maximum absolute atomic E-state index is 11.2. The first-order chi connectivity index (χ1) is 6.69. The molecule has 1 atom stereocenters. The summed E-state index contributed by atoms with van der Waals surface area (Å²) < 4.78 is 9.72. The number of carbonyl (C=O) groups is 2. The Bertz CT molecular complexity index is 306. The summed E-state index contributed by atoms with van der Waals surface area (Å²) in [5, 5.41) is 0. The molecule has 0 aliphatic carbocycles. The molecule has 1 aliphatic heterocycles. The third kappa shape index (κ3) is 2.46. The molecule has 5 heteroatoms. The molecule has 1 rings (SSSR count). The normalized spacial score (nSPS) is 19.9. The molecule has 1 aliphatic rings. The van der Waals surface area contributed by atoms with Crippen molar-refractivity contribution in [1.29, 1.82) is 0 Å². The van der Waals surface area contributed by atoms with Crippen LogP contribution in [-0.2, 0) is 19.1 Å². The molecule has 76 valence electrons. The van der Waals surface area contributed by atoms with Crippen LogP contribution in [0.4, 0.5) is 0 Å². The third-order valence-corrected chi connectivity index (χ3v) is 4.04. The number of carbonyl (C=O) groups excluding carboxylic acids is 2. The molecule has 0 aromatic heterocycles. The zero-order chi connectivity index (χ0) is 10.6. The van der Waals surface area contributed by atoms with E-state index in [1.54, 1.807) is 18.2 Å². The maximum atomic E-state index is 11.2. The number of hydrogen-bond acceptors (Lipinski definition) is 4. The van der Waals surface area contributed by atoms with Crippen molar-refractivity contribution in [3.8, 4) is 0 Å². The summed E-state index contributed by atoms with van der Waals surface area (Å²) in [6.45, 7) is 0. The Hall–Kier alpha value is -1.06. The zero-order valence-electron chi connectivity index (χ0n) is 7.85. The van der Waals surface area contributed by atoms with Gasteiger partial charge in [-0.15, -0.1) is 0 Å². The van der Waals surface area contributed by atoms with Crippen LogP contribution >= 0.6 is 0 Å². The van der Waals surface area contributed by atoms with E-state index in [9.17, 15) is 9.59 Å². The first-order valence-corrected chi connectivity index (χ1v) is 5.75. The fraction of sp³-hybridized carbons (Fsp3) is 0.333. The quantitative estimate of drug-likeness (QED) is 0.529. The van der Waals surface area contributed by atoms with E-state index in [2.05, 4.69) is 9.47 Å². The van der Waals surface area contributed by atoms with Crippen molar-refractivity contribution in [3.63, 3.8) is 0 Å². The standard InChI is InChI=1S/C9H10O4Se/c1-12-8(10)6-4-3-5-7(14-6)9(11)13-2/h3-6H,1-2H3. The molecule has 0 radical (unpaired) electrons. The van der Waals surface area contributed by atoms with Crippen molar-refractivity contribution in [2.24, 2.45) is 0 Å². The Balaban J connectivity index is 2.69. The van der Waals surface area contributed by atoms with Crippen LogP contribution in [-0.4, -0.2) is 41.1 Å². The third-order valence-electron chi connectivity index (χ3n) is 1.61. The van der Waals surface area contributed by atoms with Crippen LogP contribution in [0.25, 0.3) is 0 Å². The molecule has 0 amide bonds. The molecule has 0 aromatic rings. The monoisotopic (exact) mass is 262 g/mol. The van der Waals surface area contributed by atoms with Crippen molar-refractivity contribution in [2.75, 3.05) is 14.2 Å². The zero-order valence-corrected chi connectivity index (χ0v) is 9.56. The molecule has 0 bridgehead atoms. The van der Waals surface area contributed by atoms with Gasteiger partial charge >= 0.3 is 87.7 Å². The van der Waals surface area contributed by atoms with Gasteiger partial charge in [-0.3, -0.25) is 0 Å². The van der Waals surface area contributed by atoms with E-state index >= 15 is 0 Å². The summed E-state index contributed by atoms with van der Waals surface area (Å²) >= 11 is -0.241. The van der Waals surface area contributed by atoms with Gasteiger partial charge in [0.2, 0.25) is 0 Å². The molecular weight excluding hydrogens is 251 g/mol. The molecular formula is C9H10O4Se. The van der Waals surface area contributed by atoms with Gasteiger partial charge in [-0.2, -0.15) is 0 Å². The number of esters is 2. The molecule has 0 saturated heterocycles. The van der Waals surface area contributed by atoms with Crippen molar-refractivity contribution in [1.82, 2.24) is 0 Å². The second kappa shape index (κ2) is 4.98. The van der Waals surface area contributed by atoms with E-state index in [4.69, 9.17) is 0 Å². The minimum absolute atomic E-state index is 0.241. The molecule has 0 fully saturated rings. The fourth-order valence-corrected chi connectivity index (χ4v) is 2.96. The van der Waals surface area contributed by atoms with Gasteiger partial charge in [0.1, 0.15) is 0 Å². The second-order valence-corrected chi connectivity index (χ2v) is 4.95. The Kier molecular flexibility index (Phi) is 3.92. The van der Waals surface area contributed by atoms with E-state index in [1.165, 1.54) is 14.2 Å². The molecule has 14 heavy (non-hydrogen) atoms. The molecule has 0 N–H and O–H groups in total. The van der Waals surface area contributed by atoms with Crippen molar-refractivity contribution < 1.29 is 19.1 Å². The van der Waals surface area contributed by atoms with Crippen LogP contribution < -0.4 is 0 Å². The summed E-state index contributed by atoms with van der Waals surface area (Å²) in [5.74, 6) is -0.681. The van der Waals surface area contributed by atoms with Crippen LogP contribution in [0.3, 0.4) is 0 Å². The number of hydrogen-bond donors (Lipinski definition) is 0. The van der Waals surface area contributed by atoms with Crippen LogP contribution in [0.1, 0.15) is 0 Å². The first kappa shape index (κ1) is 11.0. The summed E-state index contributed by atoms with van der Waals surface area (Å²) in [4.78, 5) is 22.0. The van der Waals surface area contributed by atoms with Gasteiger partial charge in [-0.1, -0.05) is 0 Å². The van der Waals surface area contributed by atoms with Gasteiger partial charge in [0.15, 0.2) is 0 Å². The van der Waals surface area contributed by atoms with E-state index in [-0.39, 0.29) is 31.7 Å². The van der Waals surface area contributed by atoms with Crippen LogP contribution in [0.2, 0.25) is 4.82 Å². The van der Waals surface area contributed by atoms with Gasteiger partial charge in [0.25, 0.3) is 0 Å². The van der Waals surface area contributed by atoms with E-state index in [1.807, 2.05) is 0 Å². The van der Waals surface area contributed by atoms with E-state index in [0.717, 1.165) is 0 Å². The van der Waals surface area contributed by atoms with Crippen LogP contribution in [0.5, 0.6) is 0 Å². The summed E-state index contributed by atoms with van der Waals surface area (Å²) in [7, 11) is 2.66.